The summed E-state index contributed by atoms with van der Waals surface area (Å²) in [6.45, 7) is 1.93. The van der Waals surface area contributed by atoms with Crippen LogP contribution in [-0.4, -0.2) is 20.5 Å². The number of nitrogens with zero attached hydrogens (tertiary/aromatic N) is 1. The van der Waals surface area contributed by atoms with Gasteiger partial charge in [0.15, 0.2) is 0 Å². The monoisotopic (exact) mass is 361 g/mol. The van der Waals surface area contributed by atoms with Crippen molar-refractivity contribution in [2.24, 2.45) is 0 Å². The molecule has 0 aliphatic heterocycles. The first-order valence-corrected chi connectivity index (χ1v) is 9.38. The summed E-state index contributed by atoms with van der Waals surface area (Å²) in [6.07, 6.45) is 0. The van der Waals surface area contributed by atoms with Crippen LogP contribution in [0.5, 0.6) is 11.5 Å². The molecule has 0 aliphatic rings. The molecule has 0 spiro atoms. The van der Waals surface area contributed by atoms with E-state index in [0.717, 1.165) is 16.3 Å². The lowest BCUT2D eigenvalue weighted by Crippen LogP contribution is -2.09. The molecule has 3 aromatic rings. The summed E-state index contributed by atoms with van der Waals surface area (Å²) in [6, 6.07) is 12.9. The van der Waals surface area contributed by atoms with Crippen molar-refractivity contribution in [1.82, 2.24) is 4.98 Å². The van der Waals surface area contributed by atoms with Crippen molar-refractivity contribution in [1.29, 1.82) is 0 Å². The Hall–Kier alpha value is -2.38. The number of thiazole rings is 1. The van der Waals surface area contributed by atoms with E-state index in [4.69, 9.17) is 8.92 Å². The zero-order valence-corrected chi connectivity index (χ0v) is 14.7. The lowest BCUT2D eigenvalue weighted by atomic mass is 10.2. The molecule has 3 rings (SSSR count). The fourth-order valence-corrected chi connectivity index (χ4v) is 3.79. The van der Waals surface area contributed by atoms with Crippen molar-refractivity contribution in [3.63, 3.8) is 0 Å². The number of hydrogen-bond acceptors (Lipinski definition) is 6. The van der Waals surface area contributed by atoms with Gasteiger partial charge in [0.1, 0.15) is 21.4 Å². The van der Waals surface area contributed by atoms with E-state index in [0.29, 0.717) is 5.75 Å². The van der Waals surface area contributed by atoms with Gasteiger partial charge in [0.25, 0.3) is 0 Å². The molecule has 124 valence electrons. The first-order valence-electron chi connectivity index (χ1n) is 7.09. The van der Waals surface area contributed by atoms with Gasteiger partial charge in [-0.3, -0.25) is 0 Å². The number of aryl methyl sites for hydroxylation is 1. The van der Waals surface area contributed by atoms with Gasteiger partial charge in [0, 0.05) is 16.6 Å². The van der Waals surface area contributed by atoms with Crippen LogP contribution in [0.3, 0.4) is 0 Å². The lowest BCUT2D eigenvalue weighted by Gasteiger charge is -2.08. The summed E-state index contributed by atoms with van der Waals surface area (Å²) in [4.78, 5) is 4.47. The fraction of sp³-hybridized carbons (Fsp3) is 0.118. The predicted octanol–water partition coefficient (Wildman–Crippen LogP) is 3.89. The molecule has 0 radical (unpaired) electrons. The van der Waals surface area contributed by atoms with Crippen LogP contribution in [0.15, 0.2) is 58.8 Å². The lowest BCUT2D eigenvalue weighted by molar-refractivity contribution is 0.414. The quantitative estimate of drug-likeness (QED) is 0.645. The van der Waals surface area contributed by atoms with Crippen molar-refractivity contribution in [3.05, 3.63) is 59.6 Å². The zero-order chi connectivity index (χ0) is 17.2. The van der Waals surface area contributed by atoms with Crippen molar-refractivity contribution < 1.29 is 17.3 Å². The molecule has 24 heavy (non-hydrogen) atoms. The van der Waals surface area contributed by atoms with Crippen molar-refractivity contribution >= 4 is 21.5 Å². The van der Waals surface area contributed by atoms with Crippen molar-refractivity contribution in [2.75, 3.05) is 7.11 Å². The molecule has 5 nitrogen and oxygen atoms in total. The van der Waals surface area contributed by atoms with Crippen LogP contribution < -0.4 is 8.92 Å². The number of hydrogen-bond donors (Lipinski definition) is 0. The molecule has 0 N–H and O–H groups in total. The van der Waals surface area contributed by atoms with Gasteiger partial charge in [0.2, 0.25) is 0 Å². The summed E-state index contributed by atoms with van der Waals surface area (Å²) in [7, 11) is -2.36. The Bertz CT molecular complexity index is 929. The molecule has 0 saturated heterocycles. The molecule has 0 unspecified atom stereocenters. The number of rotatable bonds is 5. The normalized spacial score (nSPS) is 11.2. The molecule has 1 heterocycles. The predicted molar refractivity (Wildman–Crippen MR) is 93.1 cm³/mol. The molecule has 1 aromatic heterocycles. The second kappa shape index (κ2) is 6.62. The maximum Gasteiger partial charge on any atom is 0.339 e. The standard InChI is InChI=1S/C17H15NO4S2/c1-12-11-23-17(18-12)13-3-5-15(6-4-13)22-24(19,20)16-9-7-14(21-2)8-10-16/h3-11H,1-2H3. The van der Waals surface area contributed by atoms with Gasteiger partial charge in [0.05, 0.1) is 7.11 Å². The Morgan fingerprint density at radius 1 is 0.958 bits per heavy atom. The second-order valence-electron chi connectivity index (χ2n) is 5.03. The van der Waals surface area contributed by atoms with E-state index >= 15 is 0 Å². The third kappa shape index (κ3) is 3.58. The molecule has 2 aromatic carbocycles. The highest BCUT2D eigenvalue weighted by Gasteiger charge is 2.16. The Morgan fingerprint density at radius 3 is 2.12 bits per heavy atom. The van der Waals surface area contributed by atoms with Crippen LogP contribution in [0, 0.1) is 6.92 Å². The smallest absolute Gasteiger partial charge is 0.339 e. The molecule has 0 aliphatic carbocycles. The van der Waals surface area contributed by atoms with E-state index < -0.39 is 10.1 Å². The molecule has 0 amide bonds. The van der Waals surface area contributed by atoms with Gasteiger partial charge in [-0.05, 0) is 55.5 Å². The SMILES string of the molecule is COc1ccc(S(=O)(=O)Oc2ccc(-c3nc(C)cs3)cc2)cc1. The Balaban J connectivity index is 1.79. The highest BCUT2D eigenvalue weighted by atomic mass is 32.2. The molecular weight excluding hydrogens is 346 g/mol. The van der Waals surface area contributed by atoms with Gasteiger partial charge in [-0.25, -0.2) is 4.98 Å². The van der Waals surface area contributed by atoms with Crippen LogP contribution >= 0.6 is 11.3 Å². The molecule has 0 fully saturated rings. The van der Waals surface area contributed by atoms with Gasteiger partial charge >= 0.3 is 10.1 Å². The van der Waals surface area contributed by atoms with E-state index in [1.807, 2.05) is 12.3 Å². The van der Waals surface area contributed by atoms with Gasteiger partial charge in [-0.15, -0.1) is 11.3 Å². The van der Waals surface area contributed by atoms with Crippen LogP contribution in [-0.2, 0) is 10.1 Å². The highest BCUT2D eigenvalue weighted by molar-refractivity contribution is 7.87. The minimum absolute atomic E-state index is 0.0722. The van der Waals surface area contributed by atoms with E-state index in [1.165, 1.54) is 30.6 Å². The fourth-order valence-electron chi connectivity index (χ4n) is 2.06. The third-order valence-electron chi connectivity index (χ3n) is 3.27. The van der Waals surface area contributed by atoms with Gasteiger partial charge in [-0.2, -0.15) is 8.42 Å². The summed E-state index contributed by atoms with van der Waals surface area (Å²) in [5.41, 5.74) is 1.87. The topological polar surface area (TPSA) is 65.5 Å². The van der Waals surface area contributed by atoms with Crippen LogP contribution in [0.25, 0.3) is 10.6 Å². The Morgan fingerprint density at radius 2 is 1.58 bits per heavy atom. The highest BCUT2D eigenvalue weighted by Crippen LogP contribution is 2.27. The Labute approximate surface area is 144 Å². The van der Waals surface area contributed by atoms with Crippen LogP contribution in [0.2, 0.25) is 0 Å². The molecule has 7 heteroatoms. The summed E-state index contributed by atoms with van der Waals surface area (Å²) in [5, 5.41) is 2.85. The third-order valence-corrected chi connectivity index (χ3v) is 5.54. The van der Waals surface area contributed by atoms with Gasteiger partial charge in [-0.1, -0.05) is 0 Å². The van der Waals surface area contributed by atoms with Crippen LogP contribution in [0.4, 0.5) is 0 Å². The molecule has 0 saturated carbocycles. The molecule has 0 bridgehead atoms. The van der Waals surface area contributed by atoms with E-state index in [2.05, 4.69) is 4.98 Å². The summed E-state index contributed by atoms with van der Waals surface area (Å²) in [5.74, 6) is 0.833. The zero-order valence-electron chi connectivity index (χ0n) is 13.1. The first kappa shape index (κ1) is 16.5. The van der Waals surface area contributed by atoms with Crippen molar-refractivity contribution in [3.8, 4) is 22.1 Å². The van der Waals surface area contributed by atoms with E-state index in [-0.39, 0.29) is 10.6 Å². The summed E-state index contributed by atoms with van der Waals surface area (Å²) >= 11 is 1.54. The largest absolute Gasteiger partial charge is 0.497 e. The average molecular weight is 361 g/mol. The van der Waals surface area contributed by atoms with Crippen LogP contribution in [0.1, 0.15) is 5.69 Å². The maximum atomic E-state index is 12.3. The number of aromatic nitrogens is 1. The minimum Gasteiger partial charge on any atom is -0.497 e. The number of methoxy groups -OCH3 is 1. The average Bonchev–Trinajstić information content (AvgIpc) is 3.02. The first-order chi connectivity index (χ1) is 11.5. The Kier molecular flexibility index (Phi) is 4.55. The maximum absolute atomic E-state index is 12.3. The minimum atomic E-state index is -3.88. The van der Waals surface area contributed by atoms with E-state index in [9.17, 15) is 8.42 Å². The van der Waals surface area contributed by atoms with E-state index in [1.54, 1.807) is 36.4 Å². The van der Waals surface area contributed by atoms with Gasteiger partial charge < -0.3 is 8.92 Å². The molecular formula is C17H15NO4S2. The second-order valence-corrected chi connectivity index (χ2v) is 7.44. The number of benzene rings is 2. The van der Waals surface area contributed by atoms with Crippen molar-refractivity contribution in [2.45, 2.75) is 11.8 Å². The number of ether oxygens (including phenoxy) is 1. The molecule has 0 atom stereocenters. The summed E-state index contributed by atoms with van der Waals surface area (Å²) < 4.78 is 34.8.